The maximum absolute atomic E-state index is 6.11. The lowest BCUT2D eigenvalue weighted by molar-refractivity contribution is 0.457. The van der Waals surface area contributed by atoms with Gasteiger partial charge in [-0.15, -0.1) is 0 Å². The molecule has 0 radical (unpaired) electrons. The summed E-state index contributed by atoms with van der Waals surface area (Å²) in [5.74, 6) is 0.473. The fourth-order valence-electron chi connectivity index (χ4n) is 1.35. The molecule has 1 nitrogen and oxygen atoms in total. The van der Waals surface area contributed by atoms with E-state index in [4.69, 9.17) is 17.3 Å². The van der Waals surface area contributed by atoms with E-state index in [0.29, 0.717) is 5.92 Å². The van der Waals surface area contributed by atoms with E-state index in [1.54, 1.807) is 0 Å². The molecule has 0 saturated heterocycles. The van der Waals surface area contributed by atoms with Gasteiger partial charge in [-0.05, 0) is 29.7 Å². The molecule has 0 fully saturated rings. The van der Waals surface area contributed by atoms with Crippen LogP contribution in [0.25, 0.3) is 0 Å². The summed E-state index contributed by atoms with van der Waals surface area (Å²) in [7, 11) is 0. The summed E-state index contributed by atoms with van der Waals surface area (Å²) in [6.45, 7) is 4.30. The van der Waals surface area contributed by atoms with Gasteiger partial charge in [0.05, 0.1) is 0 Å². The van der Waals surface area contributed by atoms with Crippen LogP contribution in [0.2, 0.25) is 5.02 Å². The van der Waals surface area contributed by atoms with Crippen molar-refractivity contribution in [2.45, 2.75) is 26.3 Å². The van der Waals surface area contributed by atoms with Crippen molar-refractivity contribution >= 4 is 27.5 Å². The van der Waals surface area contributed by atoms with E-state index in [-0.39, 0.29) is 6.04 Å². The minimum atomic E-state index is 0.0648. The summed E-state index contributed by atoms with van der Waals surface area (Å²) >= 11 is 9.37. The van der Waals surface area contributed by atoms with Crippen LogP contribution in [0, 0.1) is 5.92 Å². The van der Waals surface area contributed by atoms with Crippen LogP contribution in [0.3, 0.4) is 0 Å². The van der Waals surface area contributed by atoms with Crippen molar-refractivity contribution in [3.63, 3.8) is 0 Å². The molecule has 3 heteroatoms. The zero-order valence-corrected chi connectivity index (χ0v) is 10.8. The summed E-state index contributed by atoms with van der Waals surface area (Å²) in [4.78, 5) is 0. The smallest absolute Gasteiger partial charge is 0.0420 e. The quantitative estimate of drug-likeness (QED) is 0.882. The van der Waals surface area contributed by atoms with E-state index in [9.17, 15) is 0 Å². The average Bonchev–Trinajstić information content (AvgIpc) is 2.14. The van der Waals surface area contributed by atoms with E-state index in [0.717, 1.165) is 21.5 Å². The molecule has 1 aromatic carbocycles. The Hall–Kier alpha value is -0.0500. The number of rotatable bonds is 3. The molecule has 2 atom stereocenters. The van der Waals surface area contributed by atoms with Gasteiger partial charge in [-0.1, -0.05) is 47.8 Å². The van der Waals surface area contributed by atoms with Crippen molar-refractivity contribution < 1.29 is 0 Å². The molecule has 2 N–H and O–H groups in total. The summed E-state index contributed by atoms with van der Waals surface area (Å²) in [5.41, 5.74) is 7.20. The molecule has 78 valence electrons. The average molecular weight is 277 g/mol. The Balaban J connectivity index is 2.94. The molecule has 0 bridgehead atoms. The molecule has 0 aliphatic carbocycles. The molecule has 1 rings (SSSR count). The highest BCUT2D eigenvalue weighted by molar-refractivity contribution is 9.10. The first-order valence-electron chi connectivity index (χ1n) is 4.76. The van der Waals surface area contributed by atoms with Crippen LogP contribution in [0.1, 0.15) is 31.9 Å². The lowest BCUT2D eigenvalue weighted by Crippen LogP contribution is -2.18. The minimum Gasteiger partial charge on any atom is -0.324 e. The Morgan fingerprint density at radius 3 is 2.57 bits per heavy atom. The van der Waals surface area contributed by atoms with Crippen molar-refractivity contribution in [1.29, 1.82) is 0 Å². The molecule has 0 saturated carbocycles. The molecule has 0 aliphatic heterocycles. The van der Waals surface area contributed by atoms with Crippen molar-refractivity contribution in [3.8, 4) is 0 Å². The number of halogens is 2. The number of hydrogen-bond donors (Lipinski definition) is 1. The fraction of sp³-hybridized carbons (Fsp3) is 0.455. The highest BCUT2D eigenvalue weighted by Gasteiger charge is 2.13. The normalized spacial score (nSPS) is 15.2. The first kappa shape index (κ1) is 12.0. The largest absolute Gasteiger partial charge is 0.324 e. The summed E-state index contributed by atoms with van der Waals surface area (Å²) < 4.78 is 0.985. The molecule has 0 heterocycles. The topological polar surface area (TPSA) is 26.0 Å². The van der Waals surface area contributed by atoms with Crippen LogP contribution in [-0.2, 0) is 0 Å². The highest BCUT2D eigenvalue weighted by Crippen LogP contribution is 2.27. The lowest BCUT2D eigenvalue weighted by Gasteiger charge is -2.19. The second-order valence-electron chi connectivity index (χ2n) is 3.61. The van der Waals surface area contributed by atoms with Crippen LogP contribution in [0.5, 0.6) is 0 Å². The Morgan fingerprint density at radius 2 is 2.07 bits per heavy atom. The van der Waals surface area contributed by atoms with Crippen molar-refractivity contribution in [2.24, 2.45) is 11.7 Å². The zero-order valence-electron chi connectivity index (χ0n) is 8.43. The predicted octanol–water partition coefficient (Wildman–Crippen LogP) is 4.15. The van der Waals surface area contributed by atoms with Crippen LogP contribution < -0.4 is 5.73 Å². The fourth-order valence-corrected chi connectivity index (χ4v) is 2.24. The van der Waals surface area contributed by atoms with E-state index in [2.05, 4.69) is 29.8 Å². The van der Waals surface area contributed by atoms with Crippen molar-refractivity contribution in [1.82, 2.24) is 0 Å². The standard InChI is InChI=1S/C11H15BrClN/c1-3-7(2)11(14)8-4-9(12)6-10(13)5-8/h4-7,11H,3,14H2,1-2H3. The third-order valence-electron chi connectivity index (χ3n) is 2.53. The van der Waals surface area contributed by atoms with Gasteiger partial charge in [0.2, 0.25) is 0 Å². The molecule has 14 heavy (non-hydrogen) atoms. The van der Waals surface area contributed by atoms with E-state index in [1.165, 1.54) is 0 Å². The molecule has 0 aliphatic rings. The zero-order chi connectivity index (χ0) is 10.7. The Bertz CT molecular complexity index is 294. The van der Waals surface area contributed by atoms with Gasteiger partial charge >= 0.3 is 0 Å². The first-order chi connectivity index (χ1) is 6.54. The van der Waals surface area contributed by atoms with Gasteiger partial charge in [-0.25, -0.2) is 0 Å². The molecule has 0 amide bonds. The Labute approximate surface area is 98.8 Å². The van der Waals surface area contributed by atoms with Gasteiger partial charge in [0.15, 0.2) is 0 Å². The van der Waals surface area contributed by atoms with Gasteiger partial charge in [-0.2, -0.15) is 0 Å². The Morgan fingerprint density at radius 1 is 1.43 bits per heavy atom. The number of hydrogen-bond acceptors (Lipinski definition) is 1. The summed E-state index contributed by atoms with van der Waals surface area (Å²) in [5, 5.41) is 0.730. The van der Waals surface area contributed by atoms with Gasteiger partial charge in [-0.3, -0.25) is 0 Å². The monoisotopic (exact) mass is 275 g/mol. The van der Waals surface area contributed by atoms with E-state index in [1.807, 2.05) is 18.2 Å². The van der Waals surface area contributed by atoms with Gasteiger partial charge in [0.1, 0.15) is 0 Å². The van der Waals surface area contributed by atoms with Gasteiger partial charge in [0.25, 0.3) is 0 Å². The van der Waals surface area contributed by atoms with Crippen LogP contribution in [-0.4, -0.2) is 0 Å². The summed E-state index contributed by atoms with van der Waals surface area (Å²) in [6, 6.07) is 5.90. The van der Waals surface area contributed by atoms with Gasteiger partial charge in [0, 0.05) is 15.5 Å². The van der Waals surface area contributed by atoms with Crippen LogP contribution in [0.4, 0.5) is 0 Å². The molecular weight excluding hydrogens is 261 g/mol. The minimum absolute atomic E-state index is 0.0648. The number of benzene rings is 1. The first-order valence-corrected chi connectivity index (χ1v) is 5.93. The molecule has 1 aromatic rings. The van der Waals surface area contributed by atoms with Crippen molar-refractivity contribution in [2.75, 3.05) is 0 Å². The third kappa shape index (κ3) is 2.97. The van der Waals surface area contributed by atoms with E-state index >= 15 is 0 Å². The SMILES string of the molecule is CCC(C)C(N)c1cc(Cl)cc(Br)c1. The van der Waals surface area contributed by atoms with Gasteiger partial charge < -0.3 is 5.73 Å². The Kier molecular flexibility index (Phi) is 4.42. The van der Waals surface area contributed by atoms with Crippen LogP contribution in [0.15, 0.2) is 22.7 Å². The van der Waals surface area contributed by atoms with Crippen molar-refractivity contribution in [3.05, 3.63) is 33.3 Å². The molecule has 0 aromatic heterocycles. The summed E-state index contributed by atoms with van der Waals surface area (Å²) in [6.07, 6.45) is 1.07. The lowest BCUT2D eigenvalue weighted by atomic mass is 9.93. The molecule has 0 spiro atoms. The maximum Gasteiger partial charge on any atom is 0.0420 e. The third-order valence-corrected chi connectivity index (χ3v) is 3.20. The van der Waals surface area contributed by atoms with Crippen LogP contribution >= 0.6 is 27.5 Å². The number of nitrogens with two attached hydrogens (primary N) is 1. The predicted molar refractivity (Wildman–Crippen MR) is 65.5 cm³/mol. The highest BCUT2D eigenvalue weighted by atomic mass is 79.9. The molecular formula is C11H15BrClN. The second kappa shape index (κ2) is 5.15. The second-order valence-corrected chi connectivity index (χ2v) is 4.97. The van der Waals surface area contributed by atoms with E-state index < -0.39 is 0 Å². The maximum atomic E-state index is 6.11. The molecule has 2 unspecified atom stereocenters.